The number of rotatable bonds is 4. The minimum absolute atomic E-state index is 0.337. The van der Waals surface area contributed by atoms with Gasteiger partial charge in [0.2, 0.25) is 0 Å². The van der Waals surface area contributed by atoms with Gasteiger partial charge in [-0.15, -0.1) is 0 Å². The van der Waals surface area contributed by atoms with Gasteiger partial charge in [-0.05, 0) is 27.7 Å². The van der Waals surface area contributed by atoms with Crippen LogP contribution in [0.5, 0.6) is 0 Å². The highest BCUT2D eigenvalue weighted by molar-refractivity contribution is 6.13. The van der Waals surface area contributed by atoms with Crippen molar-refractivity contribution in [3.8, 4) is 0 Å². The fourth-order valence-corrected chi connectivity index (χ4v) is 1.03. The average molecular weight is 254 g/mol. The van der Waals surface area contributed by atoms with Crippen LogP contribution in [0, 0.1) is 0 Å². The van der Waals surface area contributed by atoms with E-state index in [1.165, 1.54) is 7.11 Å². The van der Waals surface area contributed by atoms with E-state index in [9.17, 15) is 4.79 Å². The zero-order valence-corrected chi connectivity index (χ0v) is 12.0. The maximum atomic E-state index is 11.6. The number of methoxy groups -OCH3 is 1. The third kappa shape index (κ3) is 6.83. The summed E-state index contributed by atoms with van der Waals surface area (Å²) in [6.45, 7) is 10.9. The molecule has 0 heterocycles. The van der Waals surface area contributed by atoms with Crippen LogP contribution >= 0.6 is 0 Å². The van der Waals surface area contributed by atoms with E-state index >= 15 is 0 Å². The summed E-state index contributed by atoms with van der Waals surface area (Å²) in [7, 11) is 3.15. The first-order chi connectivity index (χ1) is 8.19. The molecule has 0 aliphatic carbocycles. The highest BCUT2D eigenvalue weighted by Crippen LogP contribution is 2.10. The summed E-state index contributed by atoms with van der Waals surface area (Å²) in [5, 5.41) is 0. The van der Waals surface area contributed by atoms with Gasteiger partial charge in [-0.2, -0.15) is 4.99 Å². The van der Waals surface area contributed by atoms with E-state index in [0.29, 0.717) is 17.9 Å². The number of aliphatic imine (C=N–C) groups is 2. The number of ether oxygens (including phenoxy) is 2. The zero-order valence-electron chi connectivity index (χ0n) is 12.0. The van der Waals surface area contributed by atoms with Crippen molar-refractivity contribution < 1.29 is 14.3 Å². The Bertz CT molecular complexity index is 376. The van der Waals surface area contributed by atoms with Crippen molar-refractivity contribution >= 4 is 17.5 Å². The van der Waals surface area contributed by atoms with E-state index in [0.717, 1.165) is 5.71 Å². The molecule has 1 amide bonds. The largest absolute Gasteiger partial charge is 0.495 e. The number of hydrogen-bond donors (Lipinski definition) is 0. The van der Waals surface area contributed by atoms with Crippen molar-refractivity contribution in [2.45, 2.75) is 39.7 Å². The number of nitrogens with zero attached hydrogens (tertiary/aromatic N) is 2. The minimum Gasteiger partial charge on any atom is -0.495 e. The van der Waals surface area contributed by atoms with E-state index in [2.05, 4.69) is 16.6 Å². The predicted molar refractivity (Wildman–Crippen MR) is 73.5 cm³/mol. The molecule has 0 bridgehead atoms. The molecule has 0 N–H and O–H groups in total. The Morgan fingerprint density at radius 3 is 2.28 bits per heavy atom. The molecular formula is C13H22N2O3. The number of amides is 1. The van der Waals surface area contributed by atoms with E-state index in [1.807, 2.05) is 6.92 Å². The second-order valence-corrected chi connectivity index (χ2v) is 4.80. The molecule has 0 saturated heterocycles. The smallest absolute Gasteiger partial charge is 0.434 e. The van der Waals surface area contributed by atoms with Crippen molar-refractivity contribution in [1.82, 2.24) is 0 Å². The van der Waals surface area contributed by atoms with Crippen LogP contribution in [-0.4, -0.2) is 37.3 Å². The molecule has 0 aromatic carbocycles. The van der Waals surface area contributed by atoms with E-state index in [1.54, 1.807) is 27.8 Å². The fourth-order valence-electron chi connectivity index (χ4n) is 1.03. The van der Waals surface area contributed by atoms with Crippen LogP contribution in [0.2, 0.25) is 0 Å². The lowest BCUT2D eigenvalue weighted by Crippen LogP contribution is -2.23. The number of allylic oxidation sites excluding steroid dienone is 1. The molecule has 102 valence electrons. The minimum atomic E-state index is -0.653. The molecule has 0 fully saturated rings. The highest BCUT2D eigenvalue weighted by Gasteiger charge is 2.17. The average Bonchev–Trinajstić information content (AvgIpc) is 2.24. The number of carbonyl (C=O) groups is 1. The van der Waals surface area contributed by atoms with Gasteiger partial charge in [0.25, 0.3) is 0 Å². The van der Waals surface area contributed by atoms with Gasteiger partial charge >= 0.3 is 6.09 Å². The van der Waals surface area contributed by atoms with Gasteiger partial charge in [0.15, 0.2) is 0 Å². The summed E-state index contributed by atoms with van der Waals surface area (Å²) in [6, 6.07) is 0. The lowest BCUT2D eigenvalue weighted by Gasteiger charge is -2.18. The Morgan fingerprint density at radius 1 is 1.33 bits per heavy atom. The summed E-state index contributed by atoms with van der Waals surface area (Å²) in [5.74, 6) is 0.337. The summed E-state index contributed by atoms with van der Waals surface area (Å²) in [6.07, 6.45) is -0.248. The molecule has 18 heavy (non-hydrogen) atoms. The number of hydrogen-bond acceptors (Lipinski definition) is 4. The van der Waals surface area contributed by atoms with Crippen molar-refractivity contribution in [2.75, 3.05) is 14.2 Å². The molecule has 5 nitrogen and oxygen atoms in total. The second kappa shape index (κ2) is 6.93. The molecule has 0 aromatic heterocycles. The fraction of sp³-hybridized carbons (Fsp3) is 0.615. The van der Waals surface area contributed by atoms with Gasteiger partial charge in [-0.3, -0.25) is 4.99 Å². The normalized spacial score (nSPS) is 13.2. The van der Waals surface area contributed by atoms with Crippen molar-refractivity contribution in [2.24, 2.45) is 9.98 Å². The third-order valence-electron chi connectivity index (χ3n) is 1.99. The van der Waals surface area contributed by atoms with Gasteiger partial charge in [0, 0.05) is 19.2 Å². The Hall–Kier alpha value is -1.65. The Morgan fingerprint density at radius 2 is 1.89 bits per heavy atom. The molecule has 0 rings (SSSR count). The maximum absolute atomic E-state index is 11.6. The Labute approximate surface area is 109 Å². The lowest BCUT2D eigenvalue weighted by molar-refractivity contribution is 0.0603. The van der Waals surface area contributed by atoms with Gasteiger partial charge in [0.1, 0.15) is 11.4 Å². The number of carbonyl (C=O) groups excluding carboxylic acids is 1. The summed E-state index contributed by atoms with van der Waals surface area (Å²) >= 11 is 0. The van der Waals surface area contributed by atoms with Crippen LogP contribution in [0.15, 0.2) is 22.3 Å². The monoisotopic (exact) mass is 254 g/mol. The zero-order chi connectivity index (χ0) is 14.3. The first-order valence-corrected chi connectivity index (χ1v) is 5.65. The molecule has 0 aromatic rings. The van der Waals surface area contributed by atoms with Crippen LogP contribution in [0.25, 0.3) is 0 Å². The standard InChI is InChI=1S/C13H22N2O3/c1-9(14-6)8-11(10(2)17-7)15-12(16)18-13(3,4)5/h2,8H2,1,3-7H3. The van der Waals surface area contributed by atoms with Crippen LogP contribution in [-0.2, 0) is 9.47 Å². The molecule has 0 aliphatic heterocycles. The van der Waals surface area contributed by atoms with Gasteiger partial charge in [0.05, 0.1) is 12.8 Å². The quantitative estimate of drug-likeness (QED) is 0.572. The first kappa shape index (κ1) is 16.4. The molecule has 0 unspecified atom stereocenters. The summed E-state index contributed by atoms with van der Waals surface area (Å²) in [5.41, 5.74) is 0.680. The predicted octanol–water partition coefficient (Wildman–Crippen LogP) is 3.00. The SMILES string of the molecule is C=C(OC)C(CC(C)=NC)=NC(=O)OC(C)(C)C. The van der Waals surface area contributed by atoms with Gasteiger partial charge in [-0.1, -0.05) is 6.58 Å². The molecule has 0 radical (unpaired) electrons. The van der Waals surface area contributed by atoms with Crippen molar-refractivity contribution in [3.05, 3.63) is 12.3 Å². The summed E-state index contributed by atoms with van der Waals surface area (Å²) in [4.78, 5) is 19.5. The maximum Gasteiger partial charge on any atom is 0.434 e. The molecule has 0 atom stereocenters. The van der Waals surface area contributed by atoms with Crippen LogP contribution in [0.1, 0.15) is 34.1 Å². The summed E-state index contributed by atoms with van der Waals surface area (Å²) < 4.78 is 10.1. The topological polar surface area (TPSA) is 60.2 Å². The van der Waals surface area contributed by atoms with Crippen molar-refractivity contribution in [1.29, 1.82) is 0 Å². The Kier molecular flexibility index (Phi) is 6.30. The first-order valence-electron chi connectivity index (χ1n) is 5.65. The van der Waals surface area contributed by atoms with E-state index < -0.39 is 11.7 Å². The molecule has 0 spiro atoms. The molecule has 0 aliphatic rings. The lowest BCUT2D eigenvalue weighted by atomic mass is 10.1. The molecule has 0 saturated carbocycles. The molecular weight excluding hydrogens is 232 g/mol. The van der Waals surface area contributed by atoms with E-state index in [-0.39, 0.29) is 0 Å². The Balaban J connectivity index is 4.96. The van der Waals surface area contributed by atoms with Gasteiger partial charge < -0.3 is 9.47 Å². The van der Waals surface area contributed by atoms with Gasteiger partial charge in [-0.25, -0.2) is 4.79 Å². The van der Waals surface area contributed by atoms with Crippen LogP contribution < -0.4 is 0 Å². The van der Waals surface area contributed by atoms with E-state index in [4.69, 9.17) is 9.47 Å². The highest BCUT2D eigenvalue weighted by atomic mass is 16.6. The third-order valence-corrected chi connectivity index (χ3v) is 1.99. The second-order valence-electron chi connectivity index (χ2n) is 4.80. The molecule has 5 heteroatoms. The van der Waals surface area contributed by atoms with Crippen LogP contribution in [0.3, 0.4) is 0 Å². The van der Waals surface area contributed by atoms with Crippen molar-refractivity contribution in [3.63, 3.8) is 0 Å². The van der Waals surface area contributed by atoms with Crippen LogP contribution in [0.4, 0.5) is 4.79 Å².